The van der Waals surface area contributed by atoms with Gasteiger partial charge < -0.3 is 5.11 Å². The summed E-state index contributed by atoms with van der Waals surface area (Å²) in [5.41, 5.74) is 2.44. The Morgan fingerprint density at radius 1 is 1.10 bits per heavy atom. The SMILES string of the molecule is O=C1/C(=C/c2ccccc2F)CCc2ccc(O)cc21. The third kappa shape index (κ3) is 2.23. The van der Waals surface area contributed by atoms with Gasteiger partial charge in [0.2, 0.25) is 0 Å². The van der Waals surface area contributed by atoms with Crippen molar-refractivity contribution in [3.8, 4) is 5.75 Å². The summed E-state index contributed by atoms with van der Waals surface area (Å²) in [5.74, 6) is -0.399. The van der Waals surface area contributed by atoms with Gasteiger partial charge >= 0.3 is 0 Å². The zero-order chi connectivity index (χ0) is 14.1. The summed E-state index contributed by atoms with van der Waals surface area (Å²) in [5, 5.41) is 9.49. The van der Waals surface area contributed by atoms with Crippen LogP contribution in [0.15, 0.2) is 48.0 Å². The van der Waals surface area contributed by atoms with Crippen LogP contribution in [-0.4, -0.2) is 10.9 Å². The number of fused-ring (bicyclic) bond motifs is 1. The van der Waals surface area contributed by atoms with Gasteiger partial charge in [0.25, 0.3) is 0 Å². The molecule has 0 unspecified atom stereocenters. The van der Waals surface area contributed by atoms with Crippen LogP contribution < -0.4 is 0 Å². The van der Waals surface area contributed by atoms with E-state index in [1.54, 1.807) is 36.4 Å². The monoisotopic (exact) mass is 268 g/mol. The minimum Gasteiger partial charge on any atom is -0.508 e. The number of hydrogen-bond donors (Lipinski definition) is 1. The molecule has 20 heavy (non-hydrogen) atoms. The first-order valence-electron chi connectivity index (χ1n) is 6.47. The number of ketones is 1. The minimum absolute atomic E-state index is 0.0734. The molecule has 0 aromatic heterocycles. The fourth-order valence-corrected chi connectivity index (χ4v) is 2.47. The van der Waals surface area contributed by atoms with Crippen LogP contribution in [0.5, 0.6) is 5.75 Å². The zero-order valence-electron chi connectivity index (χ0n) is 10.8. The Morgan fingerprint density at radius 3 is 2.70 bits per heavy atom. The van der Waals surface area contributed by atoms with Crippen LogP contribution in [0.25, 0.3) is 6.08 Å². The second-order valence-corrected chi connectivity index (χ2v) is 4.86. The molecule has 0 bridgehead atoms. The number of phenolic OH excluding ortho intramolecular Hbond substituents is 1. The van der Waals surface area contributed by atoms with Crippen LogP contribution in [0.1, 0.15) is 27.9 Å². The number of halogens is 1. The zero-order valence-corrected chi connectivity index (χ0v) is 10.8. The predicted molar refractivity (Wildman–Crippen MR) is 75.1 cm³/mol. The van der Waals surface area contributed by atoms with Gasteiger partial charge in [-0.25, -0.2) is 4.39 Å². The first kappa shape index (κ1) is 12.6. The number of phenols is 1. The average Bonchev–Trinajstić information content (AvgIpc) is 2.45. The number of benzene rings is 2. The highest BCUT2D eigenvalue weighted by atomic mass is 19.1. The first-order valence-corrected chi connectivity index (χ1v) is 6.47. The molecule has 2 aromatic rings. The topological polar surface area (TPSA) is 37.3 Å². The number of carbonyl (C=O) groups excluding carboxylic acids is 1. The van der Waals surface area contributed by atoms with Gasteiger partial charge in [-0.3, -0.25) is 4.79 Å². The predicted octanol–water partition coefficient (Wildman–Crippen LogP) is 3.74. The van der Waals surface area contributed by atoms with E-state index in [4.69, 9.17) is 0 Å². The molecule has 3 heteroatoms. The van der Waals surface area contributed by atoms with E-state index >= 15 is 0 Å². The molecule has 0 spiro atoms. The molecular weight excluding hydrogens is 255 g/mol. The van der Waals surface area contributed by atoms with Crippen molar-refractivity contribution in [1.82, 2.24) is 0 Å². The van der Waals surface area contributed by atoms with Crippen LogP contribution >= 0.6 is 0 Å². The fourth-order valence-electron chi connectivity index (χ4n) is 2.47. The van der Waals surface area contributed by atoms with Crippen molar-refractivity contribution in [2.24, 2.45) is 0 Å². The molecule has 1 aliphatic rings. The Labute approximate surface area is 116 Å². The molecular formula is C17H13FO2. The smallest absolute Gasteiger partial charge is 0.189 e. The molecule has 2 nitrogen and oxygen atoms in total. The molecule has 1 aliphatic carbocycles. The molecule has 0 fully saturated rings. The van der Waals surface area contributed by atoms with Gasteiger partial charge in [0.1, 0.15) is 11.6 Å². The van der Waals surface area contributed by atoms with Crippen LogP contribution in [0.3, 0.4) is 0 Å². The Hall–Kier alpha value is -2.42. The van der Waals surface area contributed by atoms with E-state index in [-0.39, 0.29) is 17.3 Å². The van der Waals surface area contributed by atoms with Crippen LogP contribution in [0.4, 0.5) is 4.39 Å². The number of carbonyl (C=O) groups is 1. The largest absolute Gasteiger partial charge is 0.508 e. The van der Waals surface area contributed by atoms with Gasteiger partial charge in [-0.2, -0.15) is 0 Å². The maximum Gasteiger partial charge on any atom is 0.189 e. The van der Waals surface area contributed by atoms with Crippen molar-refractivity contribution in [2.45, 2.75) is 12.8 Å². The van der Waals surface area contributed by atoms with E-state index in [1.165, 1.54) is 12.1 Å². The van der Waals surface area contributed by atoms with Gasteiger partial charge in [0.05, 0.1) is 0 Å². The molecule has 2 aromatic carbocycles. The second kappa shape index (κ2) is 4.93. The van der Waals surface area contributed by atoms with Gasteiger partial charge in [0.15, 0.2) is 5.78 Å². The van der Waals surface area contributed by atoms with Crippen molar-refractivity contribution in [1.29, 1.82) is 0 Å². The second-order valence-electron chi connectivity index (χ2n) is 4.86. The number of hydrogen-bond acceptors (Lipinski definition) is 2. The van der Waals surface area contributed by atoms with Crippen molar-refractivity contribution >= 4 is 11.9 Å². The average molecular weight is 268 g/mol. The van der Waals surface area contributed by atoms with Gasteiger partial charge in [-0.1, -0.05) is 24.3 Å². The Bertz CT molecular complexity index is 717. The standard InChI is InChI=1S/C17H13FO2/c18-16-4-2-1-3-12(16)9-13-6-5-11-7-8-14(19)10-15(11)17(13)20/h1-4,7-10,19H,5-6H2/b13-9+. The maximum atomic E-state index is 13.6. The molecule has 0 aliphatic heterocycles. The summed E-state index contributed by atoms with van der Waals surface area (Å²) in [4.78, 5) is 12.4. The van der Waals surface area contributed by atoms with Crippen LogP contribution in [-0.2, 0) is 6.42 Å². The van der Waals surface area contributed by atoms with Crippen molar-refractivity contribution in [3.05, 3.63) is 70.5 Å². The molecule has 1 N–H and O–H groups in total. The van der Waals surface area contributed by atoms with Crippen molar-refractivity contribution in [2.75, 3.05) is 0 Å². The number of aromatic hydroxyl groups is 1. The lowest BCUT2D eigenvalue weighted by Gasteiger charge is -2.17. The maximum absolute atomic E-state index is 13.6. The van der Waals surface area contributed by atoms with E-state index < -0.39 is 0 Å². The van der Waals surface area contributed by atoms with Gasteiger partial charge in [0, 0.05) is 16.7 Å². The highest BCUT2D eigenvalue weighted by Gasteiger charge is 2.22. The summed E-state index contributed by atoms with van der Waals surface area (Å²) in [6.07, 6.45) is 2.91. The first-order chi connectivity index (χ1) is 9.65. The summed E-state index contributed by atoms with van der Waals surface area (Å²) < 4.78 is 13.6. The van der Waals surface area contributed by atoms with Crippen LogP contribution in [0.2, 0.25) is 0 Å². The van der Waals surface area contributed by atoms with E-state index in [9.17, 15) is 14.3 Å². The molecule has 0 atom stereocenters. The number of aryl methyl sites for hydroxylation is 1. The summed E-state index contributed by atoms with van der Waals surface area (Å²) >= 11 is 0. The Morgan fingerprint density at radius 2 is 1.90 bits per heavy atom. The van der Waals surface area contributed by atoms with Crippen molar-refractivity contribution < 1.29 is 14.3 Å². The van der Waals surface area contributed by atoms with E-state index in [1.807, 2.05) is 0 Å². The molecule has 3 rings (SSSR count). The van der Waals surface area contributed by atoms with Gasteiger partial charge in [-0.15, -0.1) is 0 Å². The minimum atomic E-state index is -0.338. The lowest BCUT2D eigenvalue weighted by molar-refractivity contribution is 0.102. The lowest BCUT2D eigenvalue weighted by atomic mass is 9.86. The molecule has 0 heterocycles. The number of rotatable bonds is 1. The normalized spacial score (nSPS) is 16.2. The molecule has 0 amide bonds. The fraction of sp³-hybridized carbons (Fsp3) is 0.118. The quantitative estimate of drug-likeness (QED) is 0.800. The molecule has 0 saturated heterocycles. The van der Waals surface area contributed by atoms with Crippen molar-refractivity contribution in [3.63, 3.8) is 0 Å². The van der Waals surface area contributed by atoms with E-state index in [2.05, 4.69) is 0 Å². The third-order valence-electron chi connectivity index (χ3n) is 3.53. The number of Topliss-reactive ketones (excluding diaryl/α,β-unsaturated/α-hetero) is 1. The Balaban J connectivity index is 2.02. The van der Waals surface area contributed by atoms with Crippen LogP contribution in [0, 0.1) is 5.82 Å². The lowest BCUT2D eigenvalue weighted by Crippen LogP contribution is -2.14. The number of allylic oxidation sites excluding steroid dienone is 1. The highest BCUT2D eigenvalue weighted by Crippen LogP contribution is 2.29. The summed E-state index contributed by atoms with van der Waals surface area (Å²) in [6, 6.07) is 11.2. The van der Waals surface area contributed by atoms with E-state index in [0.29, 0.717) is 23.1 Å². The van der Waals surface area contributed by atoms with E-state index in [0.717, 1.165) is 12.0 Å². The third-order valence-corrected chi connectivity index (χ3v) is 3.53. The van der Waals surface area contributed by atoms with Gasteiger partial charge in [-0.05, 0) is 42.7 Å². The summed E-state index contributed by atoms with van der Waals surface area (Å²) in [6.45, 7) is 0. The molecule has 0 radical (unpaired) electrons. The summed E-state index contributed by atoms with van der Waals surface area (Å²) in [7, 11) is 0. The molecule has 0 saturated carbocycles. The molecule has 100 valence electrons. The Kier molecular flexibility index (Phi) is 3.11. The highest BCUT2D eigenvalue weighted by molar-refractivity contribution is 6.13.